The Morgan fingerprint density at radius 1 is 1.04 bits per heavy atom. The molecule has 4 aromatic rings. The number of hydrogen-bond donors (Lipinski definition) is 1. The van der Waals surface area contributed by atoms with Crippen LogP contribution in [0, 0.1) is 0 Å². The van der Waals surface area contributed by atoms with Gasteiger partial charge in [-0.3, -0.25) is 10.1 Å². The fraction of sp³-hybridized carbons (Fsp3) is 0.0500. The molecule has 4 rings (SSSR count). The number of amides is 1. The quantitative estimate of drug-likeness (QED) is 0.279. The summed E-state index contributed by atoms with van der Waals surface area (Å²) in [5.74, 6) is 0.401. The van der Waals surface area contributed by atoms with E-state index in [1.807, 2.05) is 12.1 Å². The van der Waals surface area contributed by atoms with Gasteiger partial charge in [-0.05, 0) is 34.5 Å². The molecule has 4 nitrogen and oxygen atoms in total. The van der Waals surface area contributed by atoms with Gasteiger partial charge in [0.15, 0.2) is 4.34 Å². The highest BCUT2D eigenvalue weighted by Crippen LogP contribution is 2.31. The molecule has 0 saturated carbocycles. The smallest absolute Gasteiger partial charge is 0.259 e. The van der Waals surface area contributed by atoms with Crippen LogP contribution in [-0.2, 0) is 5.75 Å². The van der Waals surface area contributed by atoms with Crippen LogP contribution >= 0.6 is 46.3 Å². The highest BCUT2D eigenvalue weighted by atomic mass is 35.5. The Kier molecular flexibility index (Phi) is 5.82. The molecule has 28 heavy (non-hydrogen) atoms. The molecule has 0 atom stereocenters. The van der Waals surface area contributed by atoms with E-state index in [4.69, 9.17) is 23.2 Å². The van der Waals surface area contributed by atoms with Gasteiger partial charge in [0.25, 0.3) is 5.91 Å². The van der Waals surface area contributed by atoms with E-state index in [9.17, 15) is 4.79 Å². The first-order chi connectivity index (χ1) is 13.6. The average molecular weight is 446 g/mol. The molecule has 0 aliphatic carbocycles. The number of carbonyl (C=O) groups is 1. The fourth-order valence-corrected chi connectivity index (χ4v) is 4.84. The zero-order chi connectivity index (χ0) is 19.5. The number of fused-ring (bicyclic) bond motifs is 1. The summed E-state index contributed by atoms with van der Waals surface area (Å²) in [6.45, 7) is 0. The van der Waals surface area contributed by atoms with E-state index in [2.05, 4.69) is 45.8 Å². The molecule has 8 heteroatoms. The maximum absolute atomic E-state index is 12.4. The van der Waals surface area contributed by atoms with Crippen LogP contribution in [0.3, 0.4) is 0 Å². The van der Waals surface area contributed by atoms with Crippen molar-refractivity contribution < 1.29 is 4.79 Å². The summed E-state index contributed by atoms with van der Waals surface area (Å²) in [6.07, 6.45) is 0. The summed E-state index contributed by atoms with van der Waals surface area (Å²) in [6, 6.07) is 19.3. The summed E-state index contributed by atoms with van der Waals surface area (Å²) in [4.78, 5) is 12.4. The predicted octanol–water partition coefficient (Wildman–Crippen LogP) is 6.54. The van der Waals surface area contributed by atoms with Gasteiger partial charge < -0.3 is 0 Å². The van der Waals surface area contributed by atoms with Crippen molar-refractivity contribution in [2.24, 2.45) is 0 Å². The number of thioether (sulfide) groups is 1. The van der Waals surface area contributed by atoms with E-state index in [1.165, 1.54) is 33.7 Å². The molecule has 0 aliphatic heterocycles. The molecule has 140 valence electrons. The molecule has 0 radical (unpaired) electrons. The highest BCUT2D eigenvalue weighted by molar-refractivity contribution is 8.00. The summed E-state index contributed by atoms with van der Waals surface area (Å²) in [5.41, 5.74) is 1.53. The Morgan fingerprint density at radius 2 is 1.86 bits per heavy atom. The number of carbonyl (C=O) groups excluding carboxylic acids is 1. The van der Waals surface area contributed by atoms with Crippen LogP contribution < -0.4 is 5.32 Å². The fourth-order valence-electron chi connectivity index (χ4n) is 2.71. The second-order valence-electron chi connectivity index (χ2n) is 5.88. The summed E-state index contributed by atoms with van der Waals surface area (Å²) >= 11 is 14.9. The molecule has 1 N–H and O–H groups in total. The lowest BCUT2D eigenvalue weighted by Crippen LogP contribution is -2.12. The lowest BCUT2D eigenvalue weighted by atomic mass is 10.1. The van der Waals surface area contributed by atoms with Crippen molar-refractivity contribution in [1.82, 2.24) is 10.2 Å². The standard InChI is InChI=1S/C20H13Cl2N3OS2/c21-14-8-9-17(22)16(10-14)18(26)23-19-24-25-20(28-19)27-11-13-6-3-5-12-4-1-2-7-15(12)13/h1-10H,11H2,(H,23,24,26). The first-order valence-electron chi connectivity index (χ1n) is 8.29. The molecule has 0 fully saturated rings. The number of nitrogens with one attached hydrogen (secondary N) is 1. The van der Waals surface area contributed by atoms with Crippen LogP contribution in [0.15, 0.2) is 65.0 Å². The molecular weight excluding hydrogens is 433 g/mol. The Morgan fingerprint density at radius 3 is 2.75 bits per heavy atom. The predicted molar refractivity (Wildman–Crippen MR) is 118 cm³/mol. The van der Waals surface area contributed by atoms with Gasteiger partial charge >= 0.3 is 0 Å². The lowest BCUT2D eigenvalue weighted by molar-refractivity contribution is 0.102. The van der Waals surface area contributed by atoms with E-state index < -0.39 is 0 Å². The molecule has 0 unspecified atom stereocenters. The molecule has 0 bridgehead atoms. The molecule has 1 heterocycles. The van der Waals surface area contributed by atoms with E-state index in [0.717, 1.165) is 10.1 Å². The number of hydrogen-bond acceptors (Lipinski definition) is 5. The lowest BCUT2D eigenvalue weighted by Gasteiger charge is -2.05. The van der Waals surface area contributed by atoms with Gasteiger partial charge in [0.05, 0.1) is 10.6 Å². The third kappa shape index (κ3) is 4.31. The van der Waals surface area contributed by atoms with Crippen LogP contribution in [0.1, 0.15) is 15.9 Å². The number of anilines is 1. The molecule has 1 aromatic heterocycles. The minimum Gasteiger partial charge on any atom is -0.296 e. The van der Waals surface area contributed by atoms with Gasteiger partial charge in [-0.1, -0.05) is 88.8 Å². The van der Waals surface area contributed by atoms with Crippen molar-refractivity contribution in [2.75, 3.05) is 5.32 Å². The number of aromatic nitrogens is 2. The monoisotopic (exact) mass is 445 g/mol. The Balaban J connectivity index is 1.44. The molecule has 3 aromatic carbocycles. The van der Waals surface area contributed by atoms with E-state index in [0.29, 0.717) is 20.7 Å². The zero-order valence-corrected chi connectivity index (χ0v) is 17.5. The van der Waals surface area contributed by atoms with Crippen molar-refractivity contribution in [2.45, 2.75) is 10.1 Å². The van der Waals surface area contributed by atoms with Crippen LogP contribution in [0.25, 0.3) is 10.8 Å². The normalized spacial score (nSPS) is 10.9. The van der Waals surface area contributed by atoms with Crippen LogP contribution in [0.5, 0.6) is 0 Å². The summed E-state index contributed by atoms with van der Waals surface area (Å²) in [7, 11) is 0. The maximum Gasteiger partial charge on any atom is 0.259 e. The van der Waals surface area contributed by atoms with E-state index >= 15 is 0 Å². The third-order valence-electron chi connectivity index (χ3n) is 4.03. The largest absolute Gasteiger partial charge is 0.296 e. The van der Waals surface area contributed by atoms with Gasteiger partial charge in [-0.25, -0.2) is 0 Å². The number of rotatable bonds is 5. The Bertz CT molecular complexity index is 1160. The van der Waals surface area contributed by atoms with Gasteiger partial charge in [-0.2, -0.15) is 0 Å². The van der Waals surface area contributed by atoms with Crippen molar-refractivity contribution in [3.63, 3.8) is 0 Å². The van der Waals surface area contributed by atoms with Crippen LogP contribution in [0.2, 0.25) is 10.0 Å². The van der Waals surface area contributed by atoms with Crippen LogP contribution in [-0.4, -0.2) is 16.1 Å². The zero-order valence-electron chi connectivity index (χ0n) is 14.4. The highest BCUT2D eigenvalue weighted by Gasteiger charge is 2.14. The Labute approximate surface area is 179 Å². The molecule has 0 spiro atoms. The van der Waals surface area contributed by atoms with Gasteiger partial charge in [0.1, 0.15) is 0 Å². The Hall–Kier alpha value is -2.12. The van der Waals surface area contributed by atoms with Gasteiger partial charge in [-0.15, -0.1) is 10.2 Å². The van der Waals surface area contributed by atoms with Crippen molar-refractivity contribution >= 4 is 68.1 Å². The van der Waals surface area contributed by atoms with Crippen molar-refractivity contribution in [1.29, 1.82) is 0 Å². The number of nitrogens with zero attached hydrogens (tertiary/aromatic N) is 2. The number of benzene rings is 3. The molecule has 0 aliphatic rings. The maximum atomic E-state index is 12.4. The van der Waals surface area contributed by atoms with Gasteiger partial charge in [0, 0.05) is 10.8 Å². The third-order valence-corrected chi connectivity index (χ3v) is 6.62. The minimum absolute atomic E-state index is 0.300. The molecule has 1 amide bonds. The summed E-state index contributed by atoms with van der Waals surface area (Å²) in [5, 5.41) is 14.6. The topological polar surface area (TPSA) is 54.9 Å². The van der Waals surface area contributed by atoms with E-state index in [1.54, 1.807) is 23.9 Å². The van der Waals surface area contributed by atoms with Crippen molar-refractivity contribution in [3.8, 4) is 0 Å². The molecular formula is C20H13Cl2N3OS2. The minimum atomic E-state index is -0.366. The van der Waals surface area contributed by atoms with Crippen molar-refractivity contribution in [3.05, 3.63) is 81.8 Å². The SMILES string of the molecule is O=C(Nc1nnc(SCc2cccc3ccccc23)s1)c1cc(Cl)ccc1Cl. The average Bonchev–Trinajstić information content (AvgIpc) is 3.15. The molecule has 0 saturated heterocycles. The first-order valence-corrected chi connectivity index (χ1v) is 10.9. The van der Waals surface area contributed by atoms with Gasteiger partial charge in [0.2, 0.25) is 5.13 Å². The summed E-state index contributed by atoms with van der Waals surface area (Å²) < 4.78 is 0.778. The first kappa shape index (κ1) is 19.2. The number of halogens is 2. The second-order valence-corrected chi connectivity index (χ2v) is 8.92. The van der Waals surface area contributed by atoms with Crippen LogP contribution in [0.4, 0.5) is 5.13 Å². The second kappa shape index (κ2) is 8.49. The van der Waals surface area contributed by atoms with E-state index in [-0.39, 0.29) is 5.91 Å².